The van der Waals surface area contributed by atoms with E-state index >= 15 is 0 Å². The zero-order chi connectivity index (χ0) is 15.0. The van der Waals surface area contributed by atoms with Gasteiger partial charge in [0.15, 0.2) is 0 Å². The van der Waals surface area contributed by atoms with Crippen LogP contribution in [0.5, 0.6) is 0 Å². The minimum absolute atomic E-state index is 0.652. The third kappa shape index (κ3) is 2.69. The fraction of sp³-hybridized carbons (Fsp3) is 0.267. The standard InChI is InChI=1S/C15H15ClN4O/c1-9-6-13(16)5-4-12(9)7-20-8-14(17-19-20)15-10(2)18-21-11(15)3/h4-6,8H,7H2,1-3H3. The lowest BCUT2D eigenvalue weighted by Crippen LogP contribution is -2.02. The van der Waals surface area contributed by atoms with Crippen LogP contribution in [0.2, 0.25) is 5.02 Å². The van der Waals surface area contributed by atoms with Crippen LogP contribution in [0.15, 0.2) is 28.9 Å². The van der Waals surface area contributed by atoms with Crippen molar-refractivity contribution in [1.82, 2.24) is 20.2 Å². The topological polar surface area (TPSA) is 56.7 Å². The highest BCUT2D eigenvalue weighted by Gasteiger charge is 2.15. The van der Waals surface area contributed by atoms with E-state index < -0.39 is 0 Å². The molecule has 0 fully saturated rings. The summed E-state index contributed by atoms with van der Waals surface area (Å²) in [4.78, 5) is 0. The summed E-state index contributed by atoms with van der Waals surface area (Å²) < 4.78 is 6.97. The third-order valence-corrected chi connectivity index (χ3v) is 3.70. The third-order valence-electron chi connectivity index (χ3n) is 3.47. The van der Waals surface area contributed by atoms with Crippen molar-refractivity contribution in [2.45, 2.75) is 27.3 Å². The summed E-state index contributed by atoms with van der Waals surface area (Å²) in [6, 6.07) is 5.84. The van der Waals surface area contributed by atoms with Crippen LogP contribution >= 0.6 is 11.6 Å². The Morgan fingerprint density at radius 1 is 1.24 bits per heavy atom. The zero-order valence-corrected chi connectivity index (χ0v) is 12.8. The Hall–Kier alpha value is -2.14. The van der Waals surface area contributed by atoms with E-state index in [1.807, 2.05) is 45.2 Å². The summed E-state index contributed by atoms with van der Waals surface area (Å²) in [5, 5.41) is 13.1. The molecule has 0 aliphatic carbocycles. The van der Waals surface area contributed by atoms with E-state index in [-0.39, 0.29) is 0 Å². The fourth-order valence-corrected chi connectivity index (χ4v) is 2.58. The van der Waals surface area contributed by atoms with Gasteiger partial charge in [-0.15, -0.1) is 5.10 Å². The summed E-state index contributed by atoms with van der Waals surface area (Å²) in [5.41, 5.74) is 4.81. The van der Waals surface area contributed by atoms with Crippen LogP contribution in [0.1, 0.15) is 22.6 Å². The first-order chi connectivity index (χ1) is 10.0. The van der Waals surface area contributed by atoms with E-state index in [0.717, 1.165) is 38.9 Å². The molecule has 0 saturated heterocycles. The number of nitrogens with zero attached hydrogens (tertiary/aromatic N) is 4. The molecule has 0 bridgehead atoms. The first kappa shape index (κ1) is 13.8. The van der Waals surface area contributed by atoms with Gasteiger partial charge in [-0.3, -0.25) is 0 Å². The molecule has 0 spiro atoms. The highest BCUT2D eigenvalue weighted by molar-refractivity contribution is 6.30. The van der Waals surface area contributed by atoms with Crippen LogP contribution in [0.4, 0.5) is 0 Å². The number of hydrogen-bond donors (Lipinski definition) is 0. The molecule has 0 radical (unpaired) electrons. The van der Waals surface area contributed by atoms with Gasteiger partial charge in [-0.1, -0.05) is 28.0 Å². The maximum atomic E-state index is 5.97. The molecule has 0 unspecified atom stereocenters. The van der Waals surface area contributed by atoms with Gasteiger partial charge in [0.05, 0.1) is 24.0 Å². The Morgan fingerprint density at radius 3 is 2.71 bits per heavy atom. The summed E-state index contributed by atoms with van der Waals surface area (Å²) in [6.07, 6.45) is 1.90. The molecule has 3 rings (SSSR count). The molecule has 0 aliphatic heterocycles. The number of aryl methyl sites for hydroxylation is 3. The normalized spacial score (nSPS) is 11.0. The molecule has 6 heteroatoms. The second-order valence-corrected chi connectivity index (χ2v) is 5.51. The zero-order valence-electron chi connectivity index (χ0n) is 12.1. The van der Waals surface area contributed by atoms with Crippen LogP contribution in [0.25, 0.3) is 11.3 Å². The van der Waals surface area contributed by atoms with Crippen molar-refractivity contribution in [3.8, 4) is 11.3 Å². The van der Waals surface area contributed by atoms with Crippen LogP contribution < -0.4 is 0 Å². The SMILES string of the molecule is Cc1cc(Cl)ccc1Cn1cc(-c2c(C)noc2C)nn1. The van der Waals surface area contributed by atoms with Gasteiger partial charge in [-0.25, -0.2) is 4.68 Å². The molecule has 21 heavy (non-hydrogen) atoms. The first-order valence-corrected chi connectivity index (χ1v) is 7.01. The summed E-state index contributed by atoms with van der Waals surface area (Å²) >= 11 is 5.97. The molecule has 0 saturated carbocycles. The number of halogens is 1. The number of rotatable bonds is 3. The van der Waals surface area contributed by atoms with E-state index in [1.165, 1.54) is 0 Å². The van der Waals surface area contributed by atoms with Crippen LogP contribution in [-0.4, -0.2) is 20.2 Å². The molecular formula is C15H15ClN4O. The minimum Gasteiger partial charge on any atom is -0.361 e. The second-order valence-electron chi connectivity index (χ2n) is 5.07. The highest BCUT2D eigenvalue weighted by atomic mass is 35.5. The van der Waals surface area contributed by atoms with Crippen LogP contribution in [0, 0.1) is 20.8 Å². The molecule has 108 valence electrons. The Balaban J connectivity index is 1.89. The predicted molar refractivity (Wildman–Crippen MR) is 80.3 cm³/mol. The monoisotopic (exact) mass is 302 g/mol. The predicted octanol–water partition coefficient (Wildman–Crippen LogP) is 3.56. The lowest BCUT2D eigenvalue weighted by atomic mass is 10.1. The number of aromatic nitrogens is 4. The van der Waals surface area contributed by atoms with Gasteiger partial charge in [-0.2, -0.15) is 0 Å². The van der Waals surface area contributed by atoms with Crippen molar-refractivity contribution in [3.63, 3.8) is 0 Å². The van der Waals surface area contributed by atoms with Gasteiger partial charge in [-0.05, 0) is 44.0 Å². The van der Waals surface area contributed by atoms with Crippen molar-refractivity contribution in [1.29, 1.82) is 0 Å². The molecule has 5 nitrogen and oxygen atoms in total. The number of benzene rings is 1. The average molecular weight is 303 g/mol. The summed E-state index contributed by atoms with van der Waals surface area (Å²) in [7, 11) is 0. The molecule has 0 aliphatic rings. The highest BCUT2D eigenvalue weighted by Crippen LogP contribution is 2.24. The van der Waals surface area contributed by atoms with Crippen molar-refractivity contribution in [2.24, 2.45) is 0 Å². The van der Waals surface area contributed by atoms with Gasteiger partial charge in [0.2, 0.25) is 0 Å². The van der Waals surface area contributed by atoms with Gasteiger partial charge in [0.1, 0.15) is 11.5 Å². The number of hydrogen-bond acceptors (Lipinski definition) is 4. The quantitative estimate of drug-likeness (QED) is 0.742. The minimum atomic E-state index is 0.652. The first-order valence-electron chi connectivity index (χ1n) is 6.63. The Labute approximate surface area is 127 Å². The van der Waals surface area contributed by atoms with Crippen LogP contribution in [-0.2, 0) is 6.54 Å². The molecule has 2 aromatic heterocycles. The van der Waals surface area contributed by atoms with Gasteiger partial charge in [0, 0.05) is 5.02 Å². The Morgan fingerprint density at radius 2 is 2.05 bits per heavy atom. The lowest BCUT2D eigenvalue weighted by molar-refractivity contribution is 0.393. The molecule has 1 aromatic carbocycles. The van der Waals surface area contributed by atoms with Gasteiger partial charge in [0.25, 0.3) is 0 Å². The molecule has 0 N–H and O–H groups in total. The van der Waals surface area contributed by atoms with Crippen LogP contribution in [0.3, 0.4) is 0 Å². The van der Waals surface area contributed by atoms with Crippen molar-refractivity contribution >= 4 is 11.6 Å². The molecule has 2 heterocycles. The van der Waals surface area contributed by atoms with Gasteiger partial charge >= 0.3 is 0 Å². The molecular weight excluding hydrogens is 288 g/mol. The average Bonchev–Trinajstić information content (AvgIpc) is 3.00. The van der Waals surface area contributed by atoms with Crippen molar-refractivity contribution in [2.75, 3.05) is 0 Å². The fourth-order valence-electron chi connectivity index (χ4n) is 2.35. The second kappa shape index (κ2) is 5.33. The summed E-state index contributed by atoms with van der Waals surface area (Å²) in [6.45, 7) is 6.46. The summed E-state index contributed by atoms with van der Waals surface area (Å²) in [5.74, 6) is 0.752. The maximum absolute atomic E-state index is 5.97. The van der Waals surface area contributed by atoms with E-state index in [0.29, 0.717) is 6.54 Å². The largest absolute Gasteiger partial charge is 0.361 e. The van der Waals surface area contributed by atoms with Gasteiger partial charge < -0.3 is 4.52 Å². The van der Waals surface area contributed by atoms with Crippen molar-refractivity contribution < 1.29 is 4.52 Å². The maximum Gasteiger partial charge on any atom is 0.143 e. The smallest absolute Gasteiger partial charge is 0.143 e. The van der Waals surface area contributed by atoms with Crippen molar-refractivity contribution in [3.05, 3.63) is 52.0 Å². The van der Waals surface area contributed by atoms with E-state index in [2.05, 4.69) is 15.5 Å². The molecule has 0 atom stereocenters. The molecule has 3 aromatic rings. The lowest BCUT2D eigenvalue weighted by Gasteiger charge is -2.05. The van der Waals surface area contributed by atoms with E-state index in [4.69, 9.17) is 16.1 Å². The van der Waals surface area contributed by atoms with E-state index in [1.54, 1.807) is 4.68 Å². The Kier molecular flexibility index (Phi) is 3.51. The molecule has 0 amide bonds. The Bertz CT molecular complexity index is 771. The van der Waals surface area contributed by atoms with E-state index in [9.17, 15) is 0 Å².